The summed E-state index contributed by atoms with van der Waals surface area (Å²) in [5, 5.41) is 12.2. The Kier molecular flexibility index (Phi) is 4.27. The van der Waals surface area contributed by atoms with E-state index >= 15 is 0 Å². The summed E-state index contributed by atoms with van der Waals surface area (Å²) in [4.78, 5) is 14.5. The summed E-state index contributed by atoms with van der Waals surface area (Å²) in [6.45, 7) is 4.32. The van der Waals surface area contributed by atoms with E-state index in [4.69, 9.17) is 0 Å². The number of hydrogen-bond acceptors (Lipinski definition) is 4. The second kappa shape index (κ2) is 6.78. The van der Waals surface area contributed by atoms with Gasteiger partial charge >= 0.3 is 0 Å². The van der Waals surface area contributed by atoms with Crippen LogP contribution in [-0.2, 0) is 38.0 Å². The highest BCUT2D eigenvalue weighted by molar-refractivity contribution is 5.79. The largest absolute Gasteiger partial charge is 0.350 e. The first-order valence-electron chi connectivity index (χ1n) is 10.2. The van der Waals surface area contributed by atoms with Crippen molar-refractivity contribution in [1.29, 1.82) is 0 Å². The molecule has 1 aliphatic heterocycles. The van der Waals surface area contributed by atoms with E-state index < -0.39 is 0 Å². The van der Waals surface area contributed by atoms with Crippen molar-refractivity contribution in [3.8, 4) is 0 Å². The highest BCUT2D eigenvalue weighted by Crippen LogP contribution is 2.41. The number of nitrogens with one attached hydrogen (secondary N) is 1. The molecule has 2 fully saturated rings. The molecule has 1 amide bonds. The van der Waals surface area contributed by atoms with Gasteiger partial charge in [0.1, 0.15) is 0 Å². The van der Waals surface area contributed by atoms with E-state index in [0.717, 1.165) is 44.7 Å². The smallest absolute Gasteiger partial charge is 0.223 e. The molecular formula is C20H28N6O. The number of carbonyl (C=O) groups is 1. The Hall–Kier alpha value is -2.15. The van der Waals surface area contributed by atoms with Crippen LogP contribution < -0.4 is 5.32 Å². The Balaban J connectivity index is 1.21. The molecule has 2 aromatic heterocycles. The third kappa shape index (κ3) is 3.40. The highest BCUT2D eigenvalue weighted by Gasteiger charge is 2.30. The van der Waals surface area contributed by atoms with Crippen molar-refractivity contribution in [2.24, 2.45) is 13.0 Å². The number of hydrogen-bond donors (Lipinski definition) is 1. The third-order valence-corrected chi connectivity index (χ3v) is 6.27. The third-order valence-electron chi connectivity index (χ3n) is 6.27. The highest BCUT2D eigenvalue weighted by atomic mass is 16.1. The van der Waals surface area contributed by atoms with Crippen LogP contribution in [-0.4, -0.2) is 36.9 Å². The van der Waals surface area contributed by atoms with E-state index in [1.807, 2.05) is 6.20 Å². The van der Waals surface area contributed by atoms with Gasteiger partial charge in [0.25, 0.3) is 0 Å². The fourth-order valence-electron chi connectivity index (χ4n) is 4.33. The maximum Gasteiger partial charge on any atom is 0.223 e. The van der Waals surface area contributed by atoms with Crippen molar-refractivity contribution in [1.82, 2.24) is 29.8 Å². The number of aromatic nitrogens is 4. The number of aryl methyl sites for hydroxylation is 1. The first-order chi connectivity index (χ1) is 13.2. The SMILES string of the molecule is Cn1ncc(CN2CCn3nc(CNC(=O)C4CCC4)cc3C2)c1C1CC1. The summed E-state index contributed by atoms with van der Waals surface area (Å²) in [6, 6.07) is 2.15. The van der Waals surface area contributed by atoms with E-state index in [9.17, 15) is 4.79 Å². The summed E-state index contributed by atoms with van der Waals surface area (Å²) in [7, 11) is 2.06. The first kappa shape index (κ1) is 17.0. The van der Waals surface area contributed by atoms with Crippen LogP contribution >= 0.6 is 0 Å². The molecule has 2 aliphatic carbocycles. The Morgan fingerprint density at radius 2 is 2.11 bits per heavy atom. The molecule has 0 bridgehead atoms. The van der Waals surface area contributed by atoms with Gasteiger partial charge in [-0.2, -0.15) is 10.2 Å². The van der Waals surface area contributed by atoms with E-state index in [0.29, 0.717) is 12.5 Å². The zero-order chi connectivity index (χ0) is 18.4. The summed E-state index contributed by atoms with van der Waals surface area (Å²) in [6.07, 6.45) is 7.91. The molecule has 2 aromatic rings. The topological polar surface area (TPSA) is 68.0 Å². The van der Waals surface area contributed by atoms with Crippen LogP contribution in [0.1, 0.15) is 60.7 Å². The molecule has 27 heavy (non-hydrogen) atoms. The van der Waals surface area contributed by atoms with Gasteiger partial charge in [-0.05, 0) is 31.7 Å². The lowest BCUT2D eigenvalue weighted by atomic mass is 9.85. The Morgan fingerprint density at radius 3 is 2.85 bits per heavy atom. The van der Waals surface area contributed by atoms with Gasteiger partial charge < -0.3 is 5.32 Å². The molecule has 7 nitrogen and oxygen atoms in total. The van der Waals surface area contributed by atoms with Gasteiger partial charge in [0.05, 0.1) is 30.7 Å². The molecule has 7 heteroatoms. The number of amides is 1. The van der Waals surface area contributed by atoms with Crippen LogP contribution in [0.25, 0.3) is 0 Å². The molecule has 3 aliphatic rings. The molecular weight excluding hydrogens is 340 g/mol. The summed E-state index contributed by atoms with van der Waals surface area (Å²) in [5.74, 6) is 1.14. The first-order valence-corrected chi connectivity index (χ1v) is 10.2. The molecule has 0 unspecified atom stereocenters. The van der Waals surface area contributed by atoms with Crippen molar-refractivity contribution in [2.75, 3.05) is 6.54 Å². The van der Waals surface area contributed by atoms with E-state index in [2.05, 4.69) is 42.9 Å². The fourth-order valence-corrected chi connectivity index (χ4v) is 4.33. The van der Waals surface area contributed by atoms with Crippen LogP contribution in [0.2, 0.25) is 0 Å². The van der Waals surface area contributed by atoms with Crippen molar-refractivity contribution in [2.45, 2.75) is 64.2 Å². The lowest BCUT2D eigenvalue weighted by Crippen LogP contribution is -2.34. The monoisotopic (exact) mass is 368 g/mol. The van der Waals surface area contributed by atoms with Gasteiger partial charge in [-0.15, -0.1) is 0 Å². The van der Waals surface area contributed by atoms with Gasteiger partial charge in [-0.25, -0.2) is 0 Å². The number of carbonyl (C=O) groups excluding carboxylic acids is 1. The number of rotatable bonds is 6. The van der Waals surface area contributed by atoms with Crippen LogP contribution in [0.15, 0.2) is 12.3 Å². The molecule has 0 aromatic carbocycles. The quantitative estimate of drug-likeness (QED) is 0.846. The molecule has 0 atom stereocenters. The molecule has 5 rings (SSSR count). The zero-order valence-electron chi connectivity index (χ0n) is 16.0. The average Bonchev–Trinajstić information content (AvgIpc) is 3.25. The van der Waals surface area contributed by atoms with Crippen molar-refractivity contribution < 1.29 is 4.79 Å². The molecule has 144 valence electrons. The minimum Gasteiger partial charge on any atom is -0.350 e. The zero-order valence-corrected chi connectivity index (χ0v) is 16.0. The Labute approximate surface area is 159 Å². The normalized spacial score (nSPS) is 20.3. The van der Waals surface area contributed by atoms with Gasteiger partial charge in [0, 0.05) is 49.8 Å². The predicted octanol–water partition coefficient (Wildman–Crippen LogP) is 1.93. The summed E-state index contributed by atoms with van der Waals surface area (Å²) < 4.78 is 4.16. The minimum absolute atomic E-state index is 0.193. The van der Waals surface area contributed by atoms with Gasteiger partial charge in [0.2, 0.25) is 5.91 Å². The standard InChI is InChI=1S/C20H28N6O/c1-24-19(14-5-6-14)16(10-22-24)12-25-7-8-26-18(13-25)9-17(23-26)11-21-20(27)15-3-2-4-15/h9-10,14-15H,2-8,11-13H2,1H3,(H,21,27). The van der Waals surface area contributed by atoms with Crippen molar-refractivity contribution >= 4 is 5.91 Å². The summed E-state index contributed by atoms with van der Waals surface area (Å²) in [5.41, 5.74) is 5.01. The molecule has 1 N–H and O–H groups in total. The summed E-state index contributed by atoms with van der Waals surface area (Å²) >= 11 is 0. The lowest BCUT2D eigenvalue weighted by molar-refractivity contribution is -0.127. The second-order valence-corrected chi connectivity index (χ2v) is 8.36. The van der Waals surface area contributed by atoms with Crippen LogP contribution in [0.3, 0.4) is 0 Å². The van der Waals surface area contributed by atoms with E-state index in [1.54, 1.807) is 0 Å². The Bertz CT molecular complexity index is 845. The Morgan fingerprint density at radius 1 is 1.26 bits per heavy atom. The number of fused-ring (bicyclic) bond motifs is 1. The van der Waals surface area contributed by atoms with Crippen molar-refractivity contribution in [3.05, 3.63) is 34.9 Å². The van der Waals surface area contributed by atoms with Crippen molar-refractivity contribution in [3.63, 3.8) is 0 Å². The molecule has 2 saturated carbocycles. The molecule has 0 radical (unpaired) electrons. The van der Waals surface area contributed by atoms with Crippen LogP contribution in [0.5, 0.6) is 0 Å². The average molecular weight is 368 g/mol. The molecule has 3 heterocycles. The molecule has 0 saturated heterocycles. The minimum atomic E-state index is 0.193. The maximum atomic E-state index is 12.0. The predicted molar refractivity (Wildman–Crippen MR) is 101 cm³/mol. The van der Waals surface area contributed by atoms with Gasteiger partial charge in [-0.1, -0.05) is 6.42 Å². The van der Waals surface area contributed by atoms with E-state index in [-0.39, 0.29) is 11.8 Å². The second-order valence-electron chi connectivity index (χ2n) is 8.36. The maximum absolute atomic E-state index is 12.0. The van der Waals surface area contributed by atoms with Gasteiger partial charge in [0.15, 0.2) is 0 Å². The van der Waals surface area contributed by atoms with Gasteiger partial charge in [-0.3, -0.25) is 19.1 Å². The van der Waals surface area contributed by atoms with Crippen LogP contribution in [0.4, 0.5) is 0 Å². The fraction of sp³-hybridized carbons (Fsp3) is 0.650. The lowest BCUT2D eigenvalue weighted by Gasteiger charge is -2.27. The molecule has 0 spiro atoms. The van der Waals surface area contributed by atoms with E-state index in [1.165, 1.54) is 36.2 Å². The van der Waals surface area contributed by atoms with Crippen LogP contribution in [0, 0.1) is 5.92 Å². The number of nitrogens with zero attached hydrogens (tertiary/aromatic N) is 5.